The van der Waals surface area contributed by atoms with Crippen LogP contribution in [0.2, 0.25) is 0 Å². The smallest absolute Gasteiger partial charge is 0.261 e. The average Bonchev–Trinajstić information content (AvgIpc) is 2.73. The summed E-state index contributed by atoms with van der Waals surface area (Å²) in [6, 6.07) is 7.56. The number of nitrogens with zero attached hydrogens (tertiary/aromatic N) is 3. The summed E-state index contributed by atoms with van der Waals surface area (Å²) < 4.78 is 1.86. The summed E-state index contributed by atoms with van der Waals surface area (Å²) in [5.74, 6) is 1.52. The van der Waals surface area contributed by atoms with E-state index < -0.39 is 0 Å². The van der Waals surface area contributed by atoms with E-state index in [2.05, 4.69) is 0 Å². The van der Waals surface area contributed by atoms with Gasteiger partial charge < -0.3 is 10.6 Å². The van der Waals surface area contributed by atoms with E-state index in [9.17, 15) is 9.59 Å². The summed E-state index contributed by atoms with van der Waals surface area (Å²) in [5.41, 5.74) is 6.33. The SMILES string of the molecule is CCc1nc2ccccc2c(=O)n1CC1CCN(C(=O)CCCCCN)CC1. The minimum absolute atomic E-state index is 0.0564. The number of amides is 1. The van der Waals surface area contributed by atoms with Crippen LogP contribution in [0, 0.1) is 5.92 Å². The third-order valence-corrected chi connectivity index (χ3v) is 5.76. The number of para-hydroxylation sites is 1. The van der Waals surface area contributed by atoms with Gasteiger partial charge in [-0.2, -0.15) is 0 Å². The number of fused-ring (bicyclic) bond motifs is 1. The molecule has 6 nitrogen and oxygen atoms in total. The first-order valence-corrected chi connectivity index (χ1v) is 10.6. The molecule has 1 aromatic carbocycles. The van der Waals surface area contributed by atoms with Gasteiger partial charge in [-0.25, -0.2) is 4.98 Å². The van der Waals surface area contributed by atoms with E-state index in [0.717, 1.165) is 63.0 Å². The van der Waals surface area contributed by atoms with Crippen molar-refractivity contribution in [3.8, 4) is 0 Å². The van der Waals surface area contributed by atoms with Crippen LogP contribution in [-0.4, -0.2) is 40.0 Å². The highest BCUT2D eigenvalue weighted by atomic mass is 16.2. The number of rotatable bonds is 8. The van der Waals surface area contributed by atoms with Gasteiger partial charge in [0.1, 0.15) is 5.82 Å². The van der Waals surface area contributed by atoms with Crippen molar-refractivity contribution in [3.05, 3.63) is 40.4 Å². The highest BCUT2D eigenvalue weighted by Gasteiger charge is 2.24. The Bertz CT molecular complexity index is 853. The fourth-order valence-electron chi connectivity index (χ4n) is 4.05. The molecule has 1 aliphatic heterocycles. The summed E-state index contributed by atoms with van der Waals surface area (Å²) in [6.07, 6.45) is 6.18. The lowest BCUT2D eigenvalue weighted by Gasteiger charge is -2.32. The van der Waals surface area contributed by atoms with Crippen LogP contribution < -0.4 is 11.3 Å². The second-order valence-electron chi connectivity index (χ2n) is 7.74. The molecular formula is C22H32N4O2. The highest BCUT2D eigenvalue weighted by molar-refractivity contribution is 5.77. The van der Waals surface area contributed by atoms with Crippen molar-refractivity contribution in [2.24, 2.45) is 11.7 Å². The van der Waals surface area contributed by atoms with E-state index >= 15 is 0 Å². The highest BCUT2D eigenvalue weighted by Crippen LogP contribution is 2.21. The predicted octanol–water partition coefficient (Wildman–Crippen LogP) is 2.72. The van der Waals surface area contributed by atoms with Gasteiger partial charge in [0.25, 0.3) is 5.56 Å². The third kappa shape index (κ3) is 4.79. The largest absolute Gasteiger partial charge is 0.343 e. The number of unbranched alkanes of at least 4 members (excludes halogenated alkanes) is 2. The molecule has 152 valence electrons. The quantitative estimate of drug-likeness (QED) is 0.710. The zero-order valence-electron chi connectivity index (χ0n) is 16.9. The zero-order valence-corrected chi connectivity index (χ0v) is 16.9. The molecule has 1 saturated heterocycles. The lowest BCUT2D eigenvalue weighted by atomic mass is 9.96. The van der Waals surface area contributed by atoms with Crippen molar-refractivity contribution in [2.75, 3.05) is 19.6 Å². The van der Waals surface area contributed by atoms with Gasteiger partial charge in [-0.15, -0.1) is 0 Å². The number of hydrogen-bond acceptors (Lipinski definition) is 4. The van der Waals surface area contributed by atoms with Crippen molar-refractivity contribution in [1.29, 1.82) is 0 Å². The number of benzene rings is 1. The Hall–Kier alpha value is -2.21. The normalized spacial score (nSPS) is 15.3. The van der Waals surface area contributed by atoms with Gasteiger partial charge >= 0.3 is 0 Å². The maximum absolute atomic E-state index is 13.0. The molecule has 1 amide bonds. The topological polar surface area (TPSA) is 81.2 Å². The van der Waals surface area contributed by atoms with E-state index in [1.54, 1.807) is 0 Å². The van der Waals surface area contributed by atoms with Crippen LogP contribution in [0.25, 0.3) is 10.9 Å². The number of carbonyl (C=O) groups is 1. The number of hydrogen-bond donors (Lipinski definition) is 1. The number of aryl methyl sites for hydroxylation is 1. The molecule has 0 radical (unpaired) electrons. The summed E-state index contributed by atoms with van der Waals surface area (Å²) in [6.45, 7) is 5.01. The maximum Gasteiger partial charge on any atom is 0.261 e. The molecule has 2 aromatic rings. The molecule has 1 aromatic heterocycles. The molecule has 28 heavy (non-hydrogen) atoms. The Morgan fingerprint density at radius 1 is 1.18 bits per heavy atom. The molecule has 0 atom stereocenters. The van der Waals surface area contributed by atoms with Crippen molar-refractivity contribution in [1.82, 2.24) is 14.5 Å². The second kappa shape index (κ2) is 9.82. The first-order valence-electron chi connectivity index (χ1n) is 10.6. The van der Waals surface area contributed by atoms with E-state index in [4.69, 9.17) is 10.7 Å². The molecule has 3 rings (SSSR count). The fourth-order valence-corrected chi connectivity index (χ4v) is 4.05. The standard InChI is InChI=1S/C22H32N4O2/c1-2-20-24-19-9-6-5-8-18(19)22(28)26(20)16-17-11-14-25(15-12-17)21(27)10-4-3-7-13-23/h5-6,8-9,17H,2-4,7,10-16,23H2,1H3. The molecule has 2 heterocycles. The first-order chi connectivity index (χ1) is 13.6. The van der Waals surface area contributed by atoms with Crippen molar-refractivity contribution in [2.45, 2.75) is 58.4 Å². The van der Waals surface area contributed by atoms with Gasteiger partial charge in [0.2, 0.25) is 5.91 Å². The van der Waals surface area contributed by atoms with Gasteiger partial charge in [0, 0.05) is 32.5 Å². The maximum atomic E-state index is 13.0. The number of likely N-dealkylation sites (tertiary alicyclic amines) is 1. The second-order valence-corrected chi connectivity index (χ2v) is 7.74. The van der Waals surface area contributed by atoms with Crippen LogP contribution in [0.4, 0.5) is 0 Å². The lowest BCUT2D eigenvalue weighted by Crippen LogP contribution is -2.40. The molecule has 0 unspecified atom stereocenters. The van der Waals surface area contributed by atoms with E-state index in [0.29, 0.717) is 30.8 Å². The number of aromatic nitrogens is 2. The van der Waals surface area contributed by atoms with Crippen molar-refractivity contribution >= 4 is 16.8 Å². The zero-order chi connectivity index (χ0) is 19.9. The van der Waals surface area contributed by atoms with E-state index in [-0.39, 0.29) is 11.5 Å². The van der Waals surface area contributed by atoms with Crippen LogP contribution >= 0.6 is 0 Å². The van der Waals surface area contributed by atoms with E-state index in [1.165, 1.54) is 0 Å². The number of piperidine rings is 1. The monoisotopic (exact) mass is 384 g/mol. The molecule has 1 aliphatic rings. The summed E-state index contributed by atoms with van der Waals surface area (Å²) >= 11 is 0. The van der Waals surface area contributed by atoms with Gasteiger partial charge in [-0.05, 0) is 50.3 Å². The Kier molecular flexibility index (Phi) is 7.20. The lowest BCUT2D eigenvalue weighted by molar-refractivity contribution is -0.132. The van der Waals surface area contributed by atoms with Crippen LogP contribution in [-0.2, 0) is 17.8 Å². The van der Waals surface area contributed by atoms with Crippen LogP contribution in [0.15, 0.2) is 29.1 Å². The van der Waals surface area contributed by atoms with E-state index in [1.807, 2.05) is 40.7 Å². The summed E-state index contributed by atoms with van der Waals surface area (Å²) in [4.78, 5) is 32.0. The molecular weight excluding hydrogens is 352 g/mol. The summed E-state index contributed by atoms with van der Waals surface area (Å²) in [7, 11) is 0. The van der Waals surface area contributed by atoms with Crippen molar-refractivity contribution in [3.63, 3.8) is 0 Å². The minimum Gasteiger partial charge on any atom is -0.343 e. The molecule has 0 saturated carbocycles. The summed E-state index contributed by atoms with van der Waals surface area (Å²) in [5, 5.41) is 0.685. The Morgan fingerprint density at radius 3 is 2.64 bits per heavy atom. The van der Waals surface area contributed by atoms with Gasteiger partial charge in [-0.3, -0.25) is 14.2 Å². The van der Waals surface area contributed by atoms with Crippen LogP contribution in [0.1, 0.15) is 51.3 Å². The number of carbonyl (C=O) groups excluding carboxylic acids is 1. The Balaban J connectivity index is 1.61. The molecule has 6 heteroatoms. The molecule has 0 bridgehead atoms. The third-order valence-electron chi connectivity index (χ3n) is 5.76. The number of nitrogens with two attached hydrogens (primary N) is 1. The first kappa shape index (κ1) is 20.5. The fraction of sp³-hybridized carbons (Fsp3) is 0.591. The average molecular weight is 385 g/mol. The van der Waals surface area contributed by atoms with Crippen LogP contribution in [0.5, 0.6) is 0 Å². The molecule has 0 spiro atoms. The Labute approximate surface area is 166 Å². The predicted molar refractivity (Wildman–Crippen MR) is 112 cm³/mol. The molecule has 0 aliphatic carbocycles. The van der Waals surface area contributed by atoms with Gasteiger partial charge in [0.15, 0.2) is 0 Å². The molecule has 2 N–H and O–H groups in total. The van der Waals surface area contributed by atoms with Gasteiger partial charge in [-0.1, -0.05) is 25.5 Å². The minimum atomic E-state index is 0.0564. The Morgan fingerprint density at radius 2 is 1.93 bits per heavy atom. The van der Waals surface area contributed by atoms with Crippen LogP contribution in [0.3, 0.4) is 0 Å². The molecule has 1 fully saturated rings. The van der Waals surface area contributed by atoms with Crippen molar-refractivity contribution < 1.29 is 4.79 Å². The van der Waals surface area contributed by atoms with Gasteiger partial charge in [0.05, 0.1) is 10.9 Å².